The van der Waals surface area contributed by atoms with Gasteiger partial charge in [0.05, 0.1) is 39.7 Å². The predicted molar refractivity (Wildman–Crippen MR) is 282 cm³/mol. The monoisotopic (exact) mass is 960 g/mol. The number of phenols is 1. The van der Waals surface area contributed by atoms with Crippen molar-refractivity contribution in [1.29, 1.82) is 0 Å². The Labute approximate surface area is 413 Å². The standard InChI is InChI=1S/C28H25N5O2.C26H23N7O4/c1-15-11-17(3)24(12-16(15)2)32-33-26-21-8-6-5-7-19(21)13-22(27(26)34)28(35)31-20-9-10-23-25(14-20)30-18(4)29-23;1-14(34)23(26(37)31-20-11-12-21-22(13-20)29-15(2)28-21)33-32-19-9-5-17(6-10-19)25(36)30-18-7-3-16(4-8-18)24(27)35/h5-14,29-30,34H,4H2,1-3H3,(H,31,35);3-13,28-29,34H,2H2,1H3,(H2,27,35)(H,30,36)(H,31,37). The van der Waals surface area contributed by atoms with E-state index < -0.39 is 17.7 Å². The lowest BCUT2D eigenvalue weighted by molar-refractivity contribution is -0.113. The van der Waals surface area contributed by atoms with Crippen LogP contribution in [0.1, 0.15) is 54.7 Å². The van der Waals surface area contributed by atoms with Crippen LogP contribution in [0.3, 0.4) is 0 Å². The minimum Gasteiger partial charge on any atom is -0.510 e. The molecule has 7 aromatic rings. The summed E-state index contributed by atoms with van der Waals surface area (Å²) in [7, 11) is 0. The summed E-state index contributed by atoms with van der Waals surface area (Å²) >= 11 is 0. The number of anilines is 7. The molecule has 11 N–H and O–H groups in total. The van der Waals surface area contributed by atoms with Gasteiger partial charge in [-0.25, -0.2) is 0 Å². The number of aliphatic hydroxyl groups is 1. The van der Waals surface area contributed by atoms with Crippen LogP contribution < -0.4 is 43.0 Å². The minimum absolute atomic E-state index is 0.116. The zero-order valence-corrected chi connectivity index (χ0v) is 39.4. The van der Waals surface area contributed by atoms with Gasteiger partial charge in [0.2, 0.25) is 5.91 Å². The maximum absolute atomic E-state index is 13.2. The van der Waals surface area contributed by atoms with Crippen molar-refractivity contribution in [2.24, 2.45) is 26.2 Å². The summed E-state index contributed by atoms with van der Waals surface area (Å²) < 4.78 is 0. The second-order valence-corrected chi connectivity index (χ2v) is 16.7. The number of carbonyl (C=O) groups is 4. The highest BCUT2D eigenvalue weighted by atomic mass is 16.3. The highest BCUT2D eigenvalue weighted by Gasteiger charge is 2.21. The van der Waals surface area contributed by atoms with Crippen LogP contribution in [-0.4, -0.2) is 33.8 Å². The number of nitrogens with two attached hydrogens (primary N) is 1. The molecule has 360 valence electrons. The van der Waals surface area contributed by atoms with E-state index in [9.17, 15) is 29.4 Å². The first-order chi connectivity index (χ1) is 34.5. The Morgan fingerprint density at radius 2 is 1.14 bits per heavy atom. The molecule has 7 aromatic carbocycles. The summed E-state index contributed by atoms with van der Waals surface area (Å²) in [6.07, 6.45) is 0. The number of azo groups is 2. The number of amides is 4. The topological polar surface area (TPSA) is 268 Å². The molecule has 0 radical (unpaired) electrons. The molecule has 2 aliphatic rings. The Hall–Kier alpha value is -10.1. The molecular formula is C54H48N12O6. The maximum Gasteiger partial charge on any atom is 0.279 e. The molecule has 0 fully saturated rings. The number of primary amides is 1. The average Bonchev–Trinajstić information content (AvgIpc) is 3.92. The van der Waals surface area contributed by atoms with Crippen LogP contribution in [0.4, 0.5) is 56.9 Å². The third-order valence-electron chi connectivity index (χ3n) is 11.4. The maximum atomic E-state index is 13.2. The largest absolute Gasteiger partial charge is 0.510 e. The predicted octanol–water partition coefficient (Wildman–Crippen LogP) is 12.3. The number of nitrogens with one attached hydrogen (secondary N) is 7. The van der Waals surface area contributed by atoms with Gasteiger partial charge in [-0.2, -0.15) is 10.2 Å². The second kappa shape index (κ2) is 20.6. The summed E-state index contributed by atoms with van der Waals surface area (Å²) in [4.78, 5) is 49.6. The van der Waals surface area contributed by atoms with Crippen molar-refractivity contribution in [3.05, 3.63) is 197 Å². The number of allylic oxidation sites excluding steroid dienone is 1. The van der Waals surface area contributed by atoms with E-state index in [1.54, 1.807) is 60.7 Å². The third-order valence-corrected chi connectivity index (χ3v) is 11.4. The minimum atomic E-state index is -0.646. The third kappa shape index (κ3) is 11.1. The summed E-state index contributed by atoms with van der Waals surface area (Å²) in [6, 6.07) is 36.1. The summed E-state index contributed by atoms with van der Waals surface area (Å²) in [5, 5.41) is 59.9. The van der Waals surface area contributed by atoms with Crippen molar-refractivity contribution in [3.63, 3.8) is 0 Å². The number of benzene rings is 7. The zero-order valence-electron chi connectivity index (χ0n) is 39.4. The number of phenolic OH excluding ortho intramolecular Hbond substituents is 1. The van der Waals surface area contributed by atoms with Crippen molar-refractivity contribution < 1.29 is 29.4 Å². The van der Waals surface area contributed by atoms with E-state index in [-0.39, 0.29) is 34.4 Å². The van der Waals surface area contributed by atoms with Gasteiger partial charge >= 0.3 is 0 Å². The van der Waals surface area contributed by atoms with Gasteiger partial charge in [-0.3, -0.25) is 19.2 Å². The van der Waals surface area contributed by atoms with E-state index in [1.165, 1.54) is 36.8 Å². The van der Waals surface area contributed by atoms with Crippen LogP contribution in [0.2, 0.25) is 0 Å². The Balaban J connectivity index is 0.000000193. The van der Waals surface area contributed by atoms with Crippen molar-refractivity contribution in [3.8, 4) is 5.75 Å². The van der Waals surface area contributed by atoms with E-state index in [1.807, 2.05) is 50.2 Å². The number of aromatic hydroxyl groups is 1. The lowest BCUT2D eigenvalue weighted by Gasteiger charge is -2.12. The number of aryl methyl sites for hydroxylation is 3. The summed E-state index contributed by atoms with van der Waals surface area (Å²) in [5.41, 5.74) is 15.2. The van der Waals surface area contributed by atoms with Crippen LogP contribution >= 0.6 is 0 Å². The van der Waals surface area contributed by atoms with Gasteiger partial charge in [-0.15, -0.1) is 10.2 Å². The van der Waals surface area contributed by atoms with Gasteiger partial charge in [-0.05, 0) is 147 Å². The molecule has 2 aliphatic heterocycles. The number of nitrogens with zero attached hydrogens (tertiary/aromatic N) is 4. The SMILES string of the molecule is C=C1Nc2ccc(NC(=O)C(N=Nc3ccc(C(=O)Nc4ccc(C(N)=O)cc4)cc3)=C(C)O)cc2N1.C=C1Nc2ccc(NC(=O)c3cc4ccccc4c(N=Nc4cc(C)c(C)cc4C)c3O)cc2N1. The molecule has 0 spiro atoms. The van der Waals surface area contributed by atoms with Crippen molar-refractivity contribution in [1.82, 2.24) is 0 Å². The van der Waals surface area contributed by atoms with Crippen LogP contribution in [-0.2, 0) is 4.79 Å². The number of carbonyl (C=O) groups excluding carboxylic acids is 4. The molecule has 18 heteroatoms. The first kappa shape index (κ1) is 48.4. The molecule has 0 saturated carbocycles. The van der Waals surface area contributed by atoms with E-state index in [0.717, 1.165) is 39.3 Å². The van der Waals surface area contributed by atoms with Crippen molar-refractivity contribution in [2.45, 2.75) is 27.7 Å². The van der Waals surface area contributed by atoms with Crippen LogP contribution in [0.25, 0.3) is 10.8 Å². The van der Waals surface area contributed by atoms with Gasteiger partial charge in [0, 0.05) is 33.6 Å². The lowest BCUT2D eigenvalue weighted by atomic mass is 10.0. The van der Waals surface area contributed by atoms with E-state index in [0.29, 0.717) is 56.6 Å². The second-order valence-electron chi connectivity index (χ2n) is 16.7. The number of rotatable bonds is 11. The molecule has 18 nitrogen and oxygen atoms in total. The Bertz CT molecular complexity index is 3470. The van der Waals surface area contributed by atoms with Crippen LogP contribution in [0, 0.1) is 20.8 Å². The average molecular weight is 961 g/mol. The van der Waals surface area contributed by atoms with Gasteiger partial charge in [-0.1, -0.05) is 43.5 Å². The van der Waals surface area contributed by atoms with Crippen molar-refractivity contribution in [2.75, 3.05) is 37.2 Å². The van der Waals surface area contributed by atoms with E-state index in [4.69, 9.17) is 5.73 Å². The summed E-state index contributed by atoms with van der Waals surface area (Å²) in [5.74, 6) is -1.26. The molecule has 9 rings (SSSR count). The quantitative estimate of drug-likeness (QED) is 0.0333. The number of aliphatic hydroxyl groups excluding tert-OH is 1. The summed E-state index contributed by atoms with van der Waals surface area (Å²) in [6.45, 7) is 15.0. The number of hydrogen-bond acceptors (Lipinski definition) is 14. The first-order valence-electron chi connectivity index (χ1n) is 22.2. The van der Waals surface area contributed by atoms with Crippen molar-refractivity contribution >= 4 is 91.3 Å². The lowest BCUT2D eigenvalue weighted by Crippen LogP contribution is -2.14. The van der Waals surface area contributed by atoms with Crippen LogP contribution in [0.15, 0.2) is 184 Å². The molecule has 0 unspecified atom stereocenters. The molecule has 4 amide bonds. The fourth-order valence-electron chi connectivity index (χ4n) is 7.51. The fraction of sp³-hybridized carbons (Fsp3) is 0.0741. The van der Waals surface area contributed by atoms with Gasteiger partial charge in [0.1, 0.15) is 23.1 Å². The molecule has 72 heavy (non-hydrogen) atoms. The van der Waals surface area contributed by atoms with E-state index >= 15 is 0 Å². The smallest absolute Gasteiger partial charge is 0.279 e. The zero-order chi connectivity index (χ0) is 51.2. The molecule has 0 aliphatic carbocycles. The van der Waals surface area contributed by atoms with Crippen LogP contribution in [0.5, 0.6) is 5.75 Å². The van der Waals surface area contributed by atoms with Gasteiger partial charge < -0.3 is 53.2 Å². The molecule has 2 heterocycles. The van der Waals surface area contributed by atoms with E-state index in [2.05, 4.69) is 83.8 Å². The Kier molecular flexibility index (Phi) is 13.9. The first-order valence-corrected chi connectivity index (χ1v) is 22.2. The fourth-order valence-corrected chi connectivity index (χ4v) is 7.51. The molecular weight excluding hydrogens is 913 g/mol. The number of hydrogen-bond donors (Lipinski definition) is 10. The Morgan fingerprint density at radius 3 is 1.76 bits per heavy atom. The normalized spacial score (nSPS) is 12.6. The molecule has 0 aromatic heterocycles. The highest BCUT2D eigenvalue weighted by molar-refractivity contribution is 6.12. The van der Waals surface area contributed by atoms with Gasteiger partial charge in [0.15, 0.2) is 11.4 Å². The Morgan fingerprint density at radius 1 is 0.583 bits per heavy atom. The number of fused-ring (bicyclic) bond motifs is 3. The molecule has 0 bridgehead atoms. The molecule has 0 atom stereocenters. The van der Waals surface area contributed by atoms with Gasteiger partial charge in [0.25, 0.3) is 17.7 Å². The molecule has 0 saturated heterocycles. The highest BCUT2D eigenvalue weighted by Crippen LogP contribution is 2.41.